The first kappa shape index (κ1) is 15.4. The van der Waals surface area contributed by atoms with Crippen molar-refractivity contribution < 1.29 is 4.79 Å². The normalized spacial score (nSPS) is 13.8. The van der Waals surface area contributed by atoms with Crippen molar-refractivity contribution in [3.05, 3.63) is 35.5 Å². The number of aromatic nitrogens is 4. The number of hydrogen-bond donors (Lipinski definition) is 2. The number of nitrogens with zero attached hydrogens (tertiary/aromatic N) is 5. The smallest absolute Gasteiger partial charge is 0.229 e. The minimum absolute atomic E-state index is 0.0615. The largest absolute Gasteiger partial charge is 0.383 e. The molecule has 0 aliphatic carbocycles. The van der Waals surface area contributed by atoms with Gasteiger partial charge in [0.25, 0.3) is 0 Å². The number of amides is 1. The van der Waals surface area contributed by atoms with Crippen molar-refractivity contribution >= 4 is 34.4 Å². The van der Waals surface area contributed by atoms with Gasteiger partial charge in [-0.05, 0) is 23.6 Å². The number of rotatable bonds is 2. The van der Waals surface area contributed by atoms with E-state index in [4.69, 9.17) is 5.73 Å². The second-order valence-corrected chi connectivity index (χ2v) is 6.21. The number of nitrogen functional groups attached to an aromatic ring is 1. The van der Waals surface area contributed by atoms with Crippen LogP contribution in [0.15, 0.2) is 24.4 Å². The van der Waals surface area contributed by atoms with Crippen LogP contribution in [0.1, 0.15) is 18.1 Å². The van der Waals surface area contributed by atoms with Crippen LogP contribution in [0.2, 0.25) is 0 Å². The van der Waals surface area contributed by atoms with Crippen LogP contribution < -0.4 is 16.0 Å². The highest BCUT2D eigenvalue weighted by atomic mass is 16.1. The summed E-state index contributed by atoms with van der Waals surface area (Å²) in [6.07, 6.45) is 2.48. The SMILES string of the molecule is CC(=O)Nc1cccc2c1CCN(c1nc(N)c3cnn(C)c3n1)C2. The summed E-state index contributed by atoms with van der Waals surface area (Å²) in [5, 5.41) is 7.86. The predicted octanol–water partition coefficient (Wildman–Crippen LogP) is 1.47. The second kappa shape index (κ2) is 5.73. The summed E-state index contributed by atoms with van der Waals surface area (Å²) in [5.74, 6) is 0.976. The van der Waals surface area contributed by atoms with E-state index in [-0.39, 0.29) is 5.91 Å². The Bertz CT molecular complexity index is 979. The Balaban J connectivity index is 1.69. The fraction of sp³-hybridized carbons (Fsp3) is 0.294. The minimum atomic E-state index is -0.0615. The van der Waals surface area contributed by atoms with Gasteiger partial charge in [0.2, 0.25) is 11.9 Å². The van der Waals surface area contributed by atoms with Crippen LogP contribution in [-0.2, 0) is 24.8 Å². The molecule has 25 heavy (non-hydrogen) atoms. The molecule has 128 valence electrons. The van der Waals surface area contributed by atoms with Gasteiger partial charge in [-0.3, -0.25) is 9.48 Å². The Morgan fingerprint density at radius 3 is 2.96 bits per heavy atom. The number of nitrogens with one attached hydrogen (secondary N) is 1. The maximum atomic E-state index is 11.4. The van der Waals surface area contributed by atoms with E-state index in [2.05, 4.69) is 31.3 Å². The number of anilines is 3. The van der Waals surface area contributed by atoms with Gasteiger partial charge in [0.15, 0.2) is 5.65 Å². The molecule has 0 unspecified atom stereocenters. The summed E-state index contributed by atoms with van der Waals surface area (Å²) in [6, 6.07) is 5.96. The quantitative estimate of drug-likeness (QED) is 0.734. The van der Waals surface area contributed by atoms with Crippen molar-refractivity contribution in [2.24, 2.45) is 7.05 Å². The van der Waals surface area contributed by atoms with Crippen LogP contribution in [0.25, 0.3) is 11.0 Å². The molecule has 1 aliphatic heterocycles. The molecule has 2 aromatic heterocycles. The monoisotopic (exact) mass is 337 g/mol. The number of aryl methyl sites for hydroxylation is 1. The van der Waals surface area contributed by atoms with E-state index in [1.165, 1.54) is 12.5 Å². The molecular weight excluding hydrogens is 318 g/mol. The lowest BCUT2D eigenvalue weighted by atomic mass is 9.98. The summed E-state index contributed by atoms with van der Waals surface area (Å²) in [6.45, 7) is 2.95. The van der Waals surface area contributed by atoms with Gasteiger partial charge in [-0.2, -0.15) is 15.1 Å². The average Bonchev–Trinajstić information content (AvgIpc) is 2.96. The summed E-state index contributed by atoms with van der Waals surface area (Å²) in [4.78, 5) is 22.6. The second-order valence-electron chi connectivity index (χ2n) is 6.21. The first-order chi connectivity index (χ1) is 12.0. The maximum absolute atomic E-state index is 11.4. The fourth-order valence-corrected chi connectivity index (χ4v) is 3.26. The Morgan fingerprint density at radius 2 is 2.16 bits per heavy atom. The van der Waals surface area contributed by atoms with Crippen LogP contribution in [0.4, 0.5) is 17.5 Å². The fourth-order valence-electron chi connectivity index (χ4n) is 3.26. The molecule has 0 radical (unpaired) electrons. The molecule has 0 saturated carbocycles. The van der Waals surface area contributed by atoms with E-state index in [9.17, 15) is 4.79 Å². The van der Waals surface area contributed by atoms with Gasteiger partial charge in [0.05, 0.1) is 11.6 Å². The lowest BCUT2D eigenvalue weighted by Crippen LogP contribution is -2.32. The lowest BCUT2D eigenvalue weighted by molar-refractivity contribution is -0.114. The molecule has 0 saturated heterocycles. The number of carbonyl (C=O) groups excluding carboxylic acids is 1. The number of hydrogen-bond acceptors (Lipinski definition) is 6. The molecule has 8 heteroatoms. The van der Waals surface area contributed by atoms with Gasteiger partial charge in [-0.25, -0.2) is 0 Å². The van der Waals surface area contributed by atoms with Crippen LogP contribution in [0, 0.1) is 0 Å². The highest BCUT2D eigenvalue weighted by Crippen LogP contribution is 2.29. The molecule has 3 aromatic rings. The zero-order valence-electron chi connectivity index (χ0n) is 14.2. The third-order valence-corrected chi connectivity index (χ3v) is 4.47. The van der Waals surface area contributed by atoms with Gasteiger partial charge in [0.1, 0.15) is 5.82 Å². The van der Waals surface area contributed by atoms with E-state index in [0.29, 0.717) is 18.3 Å². The van der Waals surface area contributed by atoms with Crippen molar-refractivity contribution in [3.63, 3.8) is 0 Å². The molecular formula is C17H19N7O. The van der Waals surface area contributed by atoms with E-state index < -0.39 is 0 Å². The van der Waals surface area contributed by atoms with Gasteiger partial charge in [-0.1, -0.05) is 12.1 Å². The molecule has 0 atom stereocenters. The van der Waals surface area contributed by atoms with Crippen LogP contribution >= 0.6 is 0 Å². The minimum Gasteiger partial charge on any atom is -0.383 e. The zero-order valence-corrected chi connectivity index (χ0v) is 14.2. The molecule has 1 aliphatic rings. The lowest BCUT2D eigenvalue weighted by Gasteiger charge is -2.30. The topological polar surface area (TPSA) is 102 Å². The average molecular weight is 337 g/mol. The van der Waals surface area contributed by atoms with Crippen molar-refractivity contribution in [2.45, 2.75) is 19.9 Å². The Kier molecular flexibility index (Phi) is 3.52. The number of nitrogens with two attached hydrogens (primary N) is 1. The highest BCUT2D eigenvalue weighted by Gasteiger charge is 2.22. The van der Waals surface area contributed by atoms with E-state index in [1.54, 1.807) is 10.9 Å². The van der Waals surface area contributed by atoms with E-state index in [1.807, 2.05) is 19.2 Å². The molecule has 0 spiro atoms. The third-order valence-electron chi connectivity index (χ3n) is 4.47. The molecule has 1 amide bonds. The first-order valence-electron chi connectivity index (χ1n) is 8.11. The Hall–Kier alpha value is -3.16. The Morgan fingerprint density at radius 1 is 1.32 bits per heavy atom. The zero-order chi connectivity index (χ0) is 17.6. The maximum Gasteiger partial charge on any atom is 0.229 e. The van der Waals surface area contributed by atoms with Crippen LogP contribution in [-0.4, -0.2) is 32.2 Å². The molecule has 1 aromatic carbocycles. The molecule has 0 bridgehead atoms. The van der Waals surface area contributed by atoms with Crippen molar-refractivity contribution in [3.8, 4) is 0 Å². The molecule has 3 heterocycles. The van der Waals surface area contributed by atoms with Crippen molar-refractivity contribution in [1.82, 2.24) is 19.7 Å². The molecule has 0 fully saturated rings. The first-order valence-corrected chi connectivity index (χ1v) is 8.11. The van der Waals surface area contributed by atoms with E-state index >= 15 is 0 Å². The molecule has 8 nitrogen and oxygen atoms in total. The van der Waals surface area contributed by atoms with Gasteiger partial charge in [0, 0.05) is 32.7 Å². The Labute approximate surface area is 144 Å². The van der Waals surface area contributed by atoms with Crippen molar-refractivity contribution in [1.29, 1.82) is 0 Å². The summed E-state index contributed by atoms with van der Waals surface area (Å²) in [5.41, 5.74) is 10.0. The number of carbonyl (C=O) groups is 1. The van der Waals surface area contributed by atoms with Gasteiger partial charge in [-0.15, -0.1) is 0 Å². The number of benzene rings is 1. The molecule has 4 rings (SSSR count). The van der Waals surface area contributed by atoms with E-state index in [0.717, 1.165) is 35.2 Å². The summed E-state index contributed by atoms with van der Waals surface area (Å²) in [7, 11) is 1.84. The third kappa shape index (κ3) is 2.65. The van der Waals surface area contributed by atoms with Crippen LogP contribution in [0.3, 0.4) is 0 Å². The number of fused-ring (bicyclic) bond motifs is 2. The van der Waals surface area contributed by atoms with Gasteiger partial charge < -0.3 is 16.0 Å². The summed E-state index contributed by atoms with van der Waals surface area (Å²) < 4.78 is 1.70. The molecule has 3 N–H and O–H groups in total. The predicted molar refractivity (Wildman–Crippen MR) is 96.2 cm³/mol. The van der Waals surface area contributed by atoms with Gasteiger partial charge >= 0.3 is 0 Å². The van der Waals surface area contributed by atoms with Crippen molar-refractivity contribution in [2.75, 3.05) is 22.5 Å². The standard InChI is InChI=1S/C17H19N7O/c1-10(25)20-14-5-3-4-11-9-24(7-6-12(11)14)17-21-15(18)13-8-19-23(2)16(13)22-17/h3-5,8H,6-7,9H2,1-2H3,(H,20,25)(H2,18,21,22). The highest BCUT2D eigenvalue weighted by molar-refractivity contribution is 5.90. The van der Waals surface area contributed by atoms with Crippen LogP contribution in [0.5, 0.6) is 0 Å². The summed E-state index contributed by atoms with van der Waals surface area (Å²) >= 11 is 0.